The fraction of sp³-hybridized carbons (Fsp3) is 0.655. The SMILES string of the molecule is CCCC(F)CCCCOc1cnc(-c2ccc(CCCCCCOCC(F)(F)C(F)(F)OC(F)(F)C(F)(F)F)cc2)nc1. The predicted octanol–water partition coefficient (Wildman–Crippen LogP) is 9.35. The maximum atomic E-state index is 13.5. The van der Waals surface area contributed by atoms with Gasteiger partial charge in [-0.2, -0.15) is 39.5 Å². The molecule has 0 aliphatic heterocycles. The molecule has 0 N–H and O–H groups in total. The number of ether oxygens (including phenoxy) is 3. The number of hydrogen-bond donors (Lipinski definition) is 0. The molecule has 250 valence electrons. The summed E-state index contributed by atoms with van der Waals surface area (Å²) in [5.74, 6) is -4.38. The van der Waals surface area contributed by atoms with E-state index in [0.29, 0.717) is 56.7 Å². The minimum atomic E-state index is -6.59. The van der Waals surface area contributed by atoms with Crippen LogP contribution in [0, 0.1) is 0 Å². The Kier molecular flexibility index (Phi) is 14.6. The molecule has 44 heavy (non-hydrogen) atoms. The average Bonchev–Trinajstić information content (AvgIpc) is 2.94. The highest BCUT2D eigenvalue weighted by Crippen LogP contribution is 2.45. The zero-order chi connectivity index (χ0) is 32.9. The molecule has 0 fully saturated rings. The lowest BCUT2D eigenvalue weighted by Crippen LogP contribution is -2.53. The fourth-order valence-electron chi connectivity index (χ4n) is 3.94. The van der Waals surface area contributed by atoms with E-state index in [0.717, 1.165) is 30.4 Å². The number of aryl methyl sites for hydroxylation is 1. The number of hydrogen-bond acceptors (Lipinski definition) is 5. The molecule has 1 heterocycles. The Morgan fingerprint density at radius 3 is 1.95 bits per heavy atom. The van der Waals surface area contributed by atoms with Gasteiger partial charge >= 0.3 is 24.3 Å². The first-order valence-corrected chi connectivity index (χ1v) is 14.2. The Morgan fingerprint density at radius 1 is 0.727 bits per heavy atom. The van der Waals surface area contributed by atoms with Gasteiger partial charge in [0.1, 0.15) is 12.8 Å². The molecule has 0 aliphatic carbocycles. The van der Waals surface area contributed by atoms with Crippen molar-refractivity contribution in [1.82, 2.24) is 9.97 Å². The number of halogens is 10. The molecule has 0 bridgehead atoms. The summed E-state index contributed by atoms with van der Waals surface area (Å²) in [5.41, 5.74) is 1.80. The van der Waals surface area contributed by atoms with Crippen LogP contribution in [0.5, 0.6) is 5.75 Å². The minimum Gasteiger partial charge on any atom is -0.490 e. The topological polar surface area (TPSA) is 53.5 Å². The lowest BCUT2D eigenvalue weighted by molar-refractivity contribution is -0.487. The van der Waals surface area contributed by atoms with Crippen LogP contribution in [0.25, 0.3) is 11.4 Å². The smallest absolute Gasteiger partial charge is 0.483 e. The fourth-order valence-corrected chi connectivity index (χ4v) is 3.94. The van der Waals surface area contributed by atoms with E-state index in [1.807, 2.05) is 31.2 Å². The Balaban J connectivity index is 1.63. The molecule has 2 rings (SSSR count). The highest BCUT2D eigenvalue weighted by Gasteiger charge is 2.70. The number of unbranched alkanes of at least 4 members (excludes halogenated alkanes) is 4. The third kappa shape index (κ3) is 12.4. The predicted molar refractivity (Wildman–Crippen MR) is 142 cm³/mol. The number of aromatic nitrogens is 2. The van der Waals surface area contributed by atoms with Crippen LogP contribution in [-0.2, 0) is 15.9 Å². The van der Waals surface area contributed by atoms with E-state index in [1.54, 1.807) is 12.4 Å². The maximum Gasteiger partial charge on any atom is 0.483 e. The van der Waals surface area contributed by atoms with Gasteiger partial charge in [-0.05, 0) is 50.5 Å². The van der Waals surface area contributed by atoms with Gasteiger partial charge in [0.15, 0.2) is 11.6 Å². The van der Waals surface area contributed by atoms with Gasteiger partial charge in [-0.3, -0.25) is 0 Å². The van der Waals surface area contributed by atoms with Gasteiger partial charge in [0.25, 0.3) is 0 Å². The molecule has 2 aromatic rings. The van der Waals surface area contributed by atoms with Crippen molar-refractivity contribution >= 4 is 0 Å². The first-order valence-electron chi connectivity index (χ1n) is 14.2. The Labute approximate surface area is 249 Å². The second-order valence-electron chi connectivity index (χ2n) is 10.2. The molecule has 1 atom stereocenters. The van der Waals surface area contributed by atoms with Crippen molar-refractivity contribution in [1.29, 1.82) is 0 Å². The van der Waals surface area contributed by atoms with Crippen LogP contribution in [-0.4, -0.2) is 60.3 Å². The van der Waals surface area contributed by atoms with Crippen molar-refractivity contribution in [2.45, 2.75) is 102 Å². The summed E-state index contributed by atoms with van der Waals surface area (Å²) < 4.78 is 140. The first kappa shape index (κ1) is 37.5. The molecule has 1 unspecified atom stereocenters. The number of nitrogens with zero attached hydrogens (tertiary/aromatic N) is 2. The molecule has 0 saturated heterocycles. The molecule has 5 nitrogen and oxygen atoms in total. The molecular formula is C29H36F10N2O3. The van der Waals surface area contributed by atoms with Crippen molar-refractivity contribution in [3.63, 3.8) is 0 Å². The van der Waals surface area contributed by atoms with Gasteiger partial charge in [-0.25, -0.2) is 19.1 Å². The maximum absolute atomic E-state index is 13.5. The summed E-state index contributed by atoms with van der Waals surface area (Å²) in [6, 6.07) is 7.50. The van der Waals surface area contributed by atoms with Gasteiger partial charge in [0, 0.05) is 12.2 Å². The number of alkyl halides is 10. The molecule has 1 aromatic heterocycles. The van der Waals surface area contributed by atoms with Gasteiger partial charge in [0.05, 0.1) is 19.0 Å². The van der Waals surface area contributed by atoms with E-state index in [1.165, 1.54) is 0 Å². The number of benzene rings is 1. The third-order valence-corrected chi connectivity index (χ3v) is 6.42. The van der Waals surface area contributed by atoms with Crippen LogP contribution in [0.3, 0.4) is 0 Å². The Hall–Kier alpha value is -2.68. The standard InChI is InChI=1S/C29H36F10N2O3/c1-2-9-23(30)11-6-8-17-43-24-18-40-25(41-19-24)22-14-12-21(13-15-22)10-5-3-4-7-16-42-20-26(31,32)28(36,37)44-29(38,39)27(33,34)35/h12-15,18-19,23H,2-11,16-17,20H2,1H3. The molecule has 0 amide bonds. The van der Waals surface area contributed by atoms with Gasteiger partial charge in [-0.15, -0.1) is 0 Å². The molecule has 0 radical (unpaired) electrons. The van der Waals surface area contributed by atoms with Crippen LogP contribution < -0.4 is 4.74 Å². The highest BCUT2D eigenvalue weighted by atomic mass is 19.4. The van der Waals surface area contributed by atoms with E-state index in [9.17, 15) is 43.9 Å². The minimum absolute atomic E-state index is 0.175. The van der Waals surface area contributed by atoms with Gasteiger partial charge < -0.3 is 9.47 Å². The zero-order valence-electron chi connectivity index (χ0n) is 24.1. The van der Waals surface area contributed by atoms with Crippen molar-refractivity contribution in [3.8, 4) is 17.1 Å². The molecule has 1 aromatic carbocycles. The van der Waals surface area contributed by atoms with Gasteiger partial charge in [-0.1, -0.05) is 50.5 Å². The summed E-state index contributed by atoms with van der Waals surface area (Å²) in [6.07, 6.45) is -10.7. The summed E-state index contributed by atoms with van der Waals surface area (Å²) in [5, 5.41) is 0. The normalized spacial score (nSPS) is 13.7. The van der Waals surface area contributed by atoms with Crippen molar-refractivity contribution in [3.05, 3.63) is 42.2 Å². The van der Waals surface area contributed by atoms with Crippen LogP contribution in [0.15, 0.2) is 36.7 Å². The zero-order valence-corrected chi connectivity index (χ0v) is 24.1. The third-order valence-electron chi connectivity index (χ3n) is 6.42. The van der Waals surface area contributed by atoms with Crippen LogP contribution in [0.2, 0.25) is 0 Å². The molecule has 15 heteroatoms. The Morgan fingerprint density at radius 2 is 1.34 bits per heavy atom. The lowest BCUT2D eigenvalue weighted by Gasteiger charge is -2.30. The molecule has 0 spiro atoms. The monoisotopic (exact) mass is 650 g/mol. The van der Waals surface area contributed by atoms with Crippen molar-refractivity contribution < 1.29 is 58.1 Å². The lowest BCUT2D eigenvalue weighted by atomic mass is 10.0. The van der Waals surface area contributed by atoms with Crippen LogP contribution >= 0.6 is 0 Å². The summed E-state index contributed by atoms with van der Waals surface area (Å²) >= 11 is 0. The summed E-state index contributed by atoms with van der Waals surface area (Å²) in [6.45, 7) is -0.125. The molecular weight excluding hydrogens is 614 g/mol. The first-order chi connectivity index (χ1) is 20.6. The van der Waals surface area contributed by atoms with E-state index >= 15 is 0 Å². The number of rotatable bonds is 21. The molecule has 0 saturated carbocycles. The second-order valence-corrected chi connectivity index (χ2v) is 10.2. The second kappa shape index (κ2) is 17.1. The summed E-state index contributed by atoms with van der Waals surface area (Å²) in [7, 11) is 0. The van der Waals surface area contributed by atoms with Crippen molar-refractivity contribution in [2.24, 2.45) is 0 Å². The van der Waals surface area contributed by atoms with E-state index < -0.39 is 43.7 Å². The van der Waals surface area contributed by atoms with Gasteiger partial charge in [0.2, 0.25) is 0 Å². The van der Waals surface area contributed by atoms with Crippen LogP contribution in [0.1, 0.15) is 70.3 Å². The van der Waals surface area contributed by atoms with E-state index in [-0.39, 0.29) is 6.42 Å². The quantitative estimate of drug-likeness (QED) is 0.0996. The largest absolute Gasteiger partial charge is 0.490 e. The van der Waals surface area contributed by atoms with Crippen molar-refractivity contribution in [2.75, 3.05) is 19.8 Å². The molecule has 0 aliphatic rings. The average molecular weight is 651 g/mol. The highest BCUT2D eigenvalue weighted by molar-refractivity contribution is 5.55. The Bertz CT molecular complexity index is 1080. The van der Waals surface area contributed by atoms with E-state index in [2.05, 4.69) is 19.4 Å². The summed E-state index contributed by atoms with van der Waals surface area (Å²) in [4.78, 5) is 8.63. The van der Waals surface area contributed by atoms with E-state index in [4.69, 9.17) is 4.74 Å². The van der Waals surface area contributed by atoms with Crippen LogP contribution in [0.4, 0.5) is 43.9 Å².